The van der Waals surface area contributed by atoms with Gasteiger partial charge in [-0.25, -0.2) is 0 Å². The van der Waals surface area contributed by atoms with Gasteiger partial charge in [0, 0.05) is 24.3 Å². The van der Waals surface area contributed by atoms with Crippen LogP contribution in [-0.2, 0) is 9.53 Å². The maximum atomic E-state index is 12.9. The normalized spacial score (nSPS) is 20.1. The van der Waals surface area contributed by atoms with E-state index >= 15 is 0 Å². The number of hydrogen-bond acceptors (Lipinski definition) is 5. The Labute approximate surface area is 172 Å². The Balaban J connectivity index is 1.77. The van der Waals surface area contributed by atoms with Crippen LogP contribution in [0.5, 0.6) is 11.5 Å². The predicted octanol–water partition coefficient (Wildman–Crippen LogP) is 3.81. The number of nitrogens with zero attached hydrogens (tertiary/aromatic N) is 1. The molecule has 1 N–H and O–H groups in total. The number of ether oxygens (including phenoxy) is 3. The van der Waals surface area contributed by atoms with Crippen molar-refractivity contribution in [1.82, 2.24) is 4.90 Å². The smallest absolute Gasteiger partial charge is 0.244 e. The molecule has 3 atom stereocenters. The van der Waals surface area contributed by atoms with Crippen LogP contribution in [0.25, 0.3) is 11.1 Å². The lowest BCUT2D eigenvalue weighted by atomic mass is 10.0. The molecule has 1 aliphatic rings. The number of amides is 1. The molecule has 2 aromatic rings. The van der Waals surface area contributed by atoms with Crippen molar-refractivity contribution in [2.75, 3.05) is 32.6 Å². The maximum absolute atomic E-state index is 12.9. The Hall–Kier alpha value is -2.73. The molecular formula is C23H30N2O4. The van der Waals surface area contributed by atoms with Crippen molar-refractivity contribution in [1.29, 1.82) is 0 Å². The first-order valence-corrected chi connectivity index (χ1v) is 9.94. The van der Waals surface area contributed by atoms with Gasteiger partial charge in [0.2, 0.25) is 5.91 Å². The lowest BCUT2D eigenvalue weighted by Crippen LogP contribution is -2.52. The lowest BCUT2D eigenvalue weighted by Gasteiger charge is -2.36. The van der Waals surface area contributed by atoms with Crippen molar-refractivity contribution >= 4 is 11.6 Å². The van der Waals surface area contributed by atoms with Crippen LogP contribution >= 0.6 is 0 Å². The molecule has 6 heteroatoms. The topological polar surface area (TPSA) is 60.0 Å². The van der Waals surface area contributed by atoms with Crippen LogP contribution in [0.4, 0.5) is 5.69 Å². The summed E-state index contributed by atoms with van der Waals surface area (Å²) in [6.07, 6.45) is 0.107. The van der Waals surface area contributed by atoms with E-state index in [1.54, 1.807) is 14.2 Å². The zero-order chi connectivity index (χ0) is 21.0. The Kier molecular flexibility index (Phi) is 6.64. The van der Waals surface area contributed by atoms with Crippen LogP contribution in [0.1, 0.15) is 20.8 Å². The van der Waals surface area contributed by atoms with E-state index in [2.05, 4.69) is 5.32 Å². The minimum Gasteiger partial charge on any atom is -0.497 e. The predicted molar refractivity (Wildman–Crippen MR) is 115 cm³/mol. The average Bonchev–Trinajstić information content (AvgIpc) is 2.72. The van der Waals surface area contributed by atoms with Gasteiger partial charge in [0.05, 0.1) is 26.4 Å². The molecule has 3 unspecified atom stereocenters. The first-order valence-electron chi connectivity index (χ1n) is 9.94. The number of nitrogens with one attached hydrogen (secondary N) is 1. The summed E-state index contributed by atoms with van der Waals surface area (Å²) in [5, 5.41) is 3.34. The minimum atomic E-state index is -0.343. The number of hydrogen-bond donors (Lipinski definition) is 1. The van der Waals surface area contributed by atoms with E-state index in [4.69, 9.17) is 14.2 Å². The maximum Gasteiger partial charge on any atom is 0.244 e. The molecule has 3 rings (SSSR count). The molecule has 0 saturated carbocycles. The number of rotatable bonds is 6. The Morgan fingerprint density at radius 2 is 1.72 bits per heavy atom. The van der Waals surface area contributed by atoms with Crippen LogP contribution in [0.3, 0.4) is 0 Å². The molecule has 6 nitrogen and oxygen atoms in total. The van der Waals surface area contributed by atoms with Crippen LogP contribution in [0, 0.1) is 0 Å². The number of carbonyl (C=O) groups is 1. The van der Waals surface area contributed by atoms with Gasteiger partial charge in [-0.3, -0.25) is 4.79 Å². The van der Waals surface area contributed by atoms with Crippen LogP contribution in [-0.4, -0.2) is 56.4 Å². The highest BCUT2D eigenvalue weighted by Gasteiger charge is 2.28. The Morgan fingerprint density at radius 1 is 1.07 bits per heavy atom. The summed E-state index contributed by atoms with van der Waals surface area (Å²) in [5.74, 6) is 1.65. The highest BCUT2D eigenvalue weighted by Crippen LogP contribution is 2.33. The summed E-state index contributed by atoms with van der Waals surface area (Å²) in [5.41, 5.74) is 2.83. The summed E-state index contributed by atoms with van der Waals surface area (Å²) in [7, 11) is 3.30. The SMILES string of the molecule is COc1ccc(-c2cc(NC(C)C(=O)N3CC(C)OC(C)C3)ccc2OC)cc1. The fraction of sp³-hybridized carbons (Fsp3) is 0.435. The van der Waals surface area contributed by atoms with Crippen LogP contribution < -0.4 is 14.8 Å². The van der Waals surface area contributed by atoms with Gasteiger partial charge in [-0.15, -0.1) is 0 Å². The van der Waals surface area contributed by atoms with Gasteiger partial charge in [-0.2, -0.15) is 0 Å². The van der Waals surface area contributed by atoms with Crippen molar-refractivity contribution < 1.29 is 19.0 Å². The van der Waals surface area contributed by atoms with Crippen molar-refractivity contribution in [2.24, 2.45) is 0 Å². The minimum absolute atomic E-state index is 0.0533. The molecule has 1 amide bonds. The molecular weight excluding hydrogens is 368 g/mol. The van der Waals surface area contributed by atoms with Crippen LogP contribution in [0.15, 0.2) is 42.5 Å². The number of morpholine rings is 1. The standard InChI is InChI=1S/C23H30N2O4/c1-15-13-25(14-16(2)29-15)23(26)17(3)24-19-8-11-22(28-5)21(12-19)18-6-9-20(27-4)10-7-18/h6-12,15-17,24H,13-14H2,1-5H3. The second kappa shape index (κ2) is 9.18. The third kappa shape index (κ3) is 5.01. The van der Waals surface area contributed by atoms with Gasteiger partial charge in [0.1, 0.15) is 17.5 Å². The van der Waals surface area contributed by atoms with Gasteiger partial charge < -0.3 is 24.4 Å². The van der Waals surface area contributed by atoms with Gasteiger partial charge >= 0.3 is 0 Å². The molecule has 1 aliphatic heterocycles. The molecule has 156 valence electrons. The number of carbonyl (C=O) groups excluding carboxylic acids is 1. The summed E-state index contributed by atoms with van der Waals surface area (Å²) in [6, 6.07) is 13.3. The molecule has 1 saturated heterocycles. The summed E-state index contributed by atoms with van der Waals surface area (Å²) in [4.78, 5) is 14.8. The highest BCUT2D eigenvalue weighted by atomic mass is 16.5. The van der Waals surface area contributed by atoms with Gasteiger partial charge in [-0.1, -0.05) is 12.1 Å². The Bertz CT molecular complexity index is 827. The van der Waals surface area contributed by atoms with E-state index in [-0.39, 0.29) is 24.2 Å². The van der Waals surface area contributed by atoms with Crippen molar-refractivity contribution in [2.45, 2.75) is 39.0 Å². The monoisotopic (exact) mass is 398 g/mol. The third-order valence-corrected chi connectivity index (χ3v) is 5.09. The average molecular weight is 399 g/mol. The summed E-state index contributed by atoms with van der Waals surface area (Å²) >= 11 is 0. The van der Waals surface area contributed by atoms with Gasteiger partial charge in [0.15, 0.2) is 0 Å². The number of anilines is 1. The number of benzene rings is 2. The van der Waals surface area contributed by atoms with E-state index in [1.807, 2.05) is 68.1 Å². The van der Waals surface area contributed by atoms with Gasteiger partial charge in [0.25, 0.3) is 0 Å². The molecule has 2 aromatic carbocycles. The molecule has 0 spiro atoms. The number of methoxy groups -OCH3 is 2. The first kappa shape index (κ1) is 21.0. The van der Waals surface area contributed by atoms with Crippen molar-refractivity contribution in [3.8, 4) is 22.6 Å². The molecule has 0 bridgehead atoms. The molecule has 0 radical (unpaired) electrons. The van der Waals surface area contributed by atoms with Crippen molar-refractivity contribution in [3.05, 3.63) is 42.5 Å². The van der Waals surface area contributed by atoms with Crippen LogP contribution in [0.2, 0.25) is 0 Å². The quantitative estimate of drug-likeness (QED) is 0.802. The van der Waals surface area contributed by atoms with E-state index in [0.717, 1.165) is 28.3 Å². The lowest BCUT2D eigenvalue weighted by molar-refractivity contribution is -0.143. The largest absolute Gasteiger partial charge is 0.497 e. The third-order valence-electron chi connectivity index (χ3n) is 5.09. The fourth-order valence-corrected chi connectivity index (χ4v) is 3.74. The zero-order valence-electron chi connectivity index (χ0n) is 17.8. The molecule has 1 heterocycles. The summed E-state index contributed by atoms with van der Waals surface area (Å²) in [6.45, 7) is 7.13. The Morgan fingerprint density at radius 3 is 2.31 bits per heavy atom. The fourth-order valence-electron chi connectivity index (χ4n) is 3.74. The highest BCUT2D eigenvalue weighted by molar-refractivity contribution is 5.85. The van der Waals surface area contributed by atoms with E-state index < -0.39 is 0 Å². The van der Waals surface area contributed by atoms with E-state index in [1.165, 1.54) is 0 Å². The van der Waals surface area contributed by atoms with Gasteiger partial charge in [-0.05, 0) is 56.7 Å². The summed E-state index contributed by atoms with van der Waals surface area (Å²) < 4.78 is 16.5. The molecule has 0 aromatic heterocycles. The van der Waals surface area contributed by atoms with E-state index in [0.29, 0.717) is 13.1 Å². The van der Waals surface area contributed by atoms with Crippen molar-refractivity contribution in [3.63, 3.8) is 0 Å². The second-order valence-electron chi connectivity index (χ2n) is 7.51. The molecule has 29 heavy (non-hydrogen) atoms. The molecule has 0 aliphatic carbocycles. The second-order valence-corrected chi connectivity index (χ2v) is 7.51. The molecule has 1 fully saturated rings. The first-order chi connectivity index (χ1) is 13.9. The van der Waals surface area contributed by atoms with E-state index in [9.17, 15) is 4.79 Å². The zero-order valence-corrected chi connectivity index (χ0v) is 17.8.